The predicted octanol–water partition coefficient (Wildman–Crippen LogP) is 2.01. The van der Waals surface area contributed by atoms with Crippen LogP contribution in [0.15, 0.2) is 12.1 Å². The molecule has 14 heavy (non-hydrogen) atoms. The van der Waals surface area contributed by atoms with Gasteiger partial charge in [-0.25, -0.2) is 0 Å². The second-order valence-electron chi connectivity index (χ2n) is 3.56. The van der Waals surface area contributed by atoms with Crippen molar-refractivity contribution in [2.24, 2.45) is 0 Å². The molecule has 1 aromatic rings. The SMILES string of the molecule is CCc1ccc(CNC(C)CNC)s1. The fourth-order valence-electron chi connectivity index (χ4n) is 1.36. The summed E-state index contributed by atoms with van der Waals surface area (Å²) in [4.78, 5) is 2.91. The summed E-state index contributed by atoms with van der Waals surface area (Å²) in [5, 5.41) is 6.65. The van der Waals surface area contributed by atoms with Crippen molar-refractivity contribution in [3.05, 3.63) is 21.9 Å². The number of hydrogen-bond acceptors (Lipinski definition) is 3. The van der Waals surface area contributed by atoms with Gasteiger partial charge in [0.1, 0.15) is 0 Å². The zero-order valence-corrected chi connectivity index (χ0v) is 10.1. The van der Waals surface area contributed by atoms with E-state index in [9.17, 15) is 0 Å². The number of hydrogen-bond donors (Lipinski definition) is 2. The molecule has 0 aliphatic heterocycles. The van der Waals surface area contributed by atoms with E-state index in [0.717, 1.165) is 19.5 Å². The van der Waals surface area contributed by atoms with Crippen molar-refractivity contribution >= 4 is 11.3 Å². The topological polar surface area (TPSA) is 24.1 Å². The van der Waals surface area contributed by atoms with Gasteiger partial charge in [0.25, 0.3) is 0 Å². The Morgan fingerprint density at radius 2 is 2.07 bits per heavy atom. The minimum atomic E-state index is 0.534. The van der Waals surface area contributed by atoms with Crippen molar-refractivity contribution in [3.63, 3.8) is 0 Å². The highest BCUT2D eigenvalue weighted by molar-refractivity contribution is 7.11. The van der Waals surface area contributed by atoms with Crippen molar-refractivity contribution in [2.45, 2.75) is 32.9 Å². The molecular formula is C11H20N2S. The maximum absolute atomic E-state index is 3.49. The van der Waals surface area contributed by atoms with Gasteiger partial charge < -0.3 is 10.6 Å². The number of rotatable bonds is 6. The Kier molecular flexibility index (Phi) is 5.15. The summed E-state index contributed by atoms with van der Waals surface area (Å²) in [6.45, 7) is 6.41. The smallest absolute Gasteiger partial charge is 0.0302 e. The molecule has 1 heterocycles. The summed E-state index contributed by atoms with van der Waals surface area (Å²) >= 11 is 1.91. The molecular weight excluding hydrogens is 192 g/mol. The van der Waals surface area contributed by atoms with Crippen LogP contribution >= 0.6 is 11.3 Å². The molecule has 0 bridgehead atoms. The Labute approximate surface area is 90.7 Å². The second kappa shape index (κ2) is 6.17. The average Bonchev–Trinajstić information content (AvgIpc) is 2.63. The Morgan fingerprint density at radius 3 is 2.64 bits per heavy atom. The van der Waals surface area contributed by atoms with Crippen molar-refractivity contribution in [1.29, 1.82) is 0 Å². The first-order valence-corrected chi connectivity index (χ1v) is 6.03. The van der Waals surface area contributed by atoms with Crippen LogP contribution in [0.1, 0.15) is 23.6 Å². The normalized spacial score (nSPS) is 13.1. The van der Waals surface area contributed by atoms with E-state index in [4.69, 9.17) is 0 Å². The number of nitrogens with one attached hydrogen (secondary N) is 2. The van der Waals surface area contributed by atoms with E-state index in [1.165, 1.54) is 9.75 Å². The Morgan fingerprint density at radius 1 is 1.36 bits per heavy atom. The summed E-state index contributed by atoms with van der Waals surface area (Å²) in [6, 6.07) is 4.99. The molecule has 1 aromatic heterocycles. The van der Waals surface area contributed by atoms with Crippen LogP contribution < -0.4 is 10.6 Å². The van der Waals surface area contributed by atoms with Gasteiger partial charge in [0, 0.05) is 28.9 Å². The highest BCUT2D eigenvalue weighted by Crippen LogP contribution is 2.16. The molecule has 2 N–H and O–H groups in total. The first kappa shape index (κ1) is 11.7. The number of thiophene rings is 1. The maximum atomic E-state index is 3.49. The monoisotopic (exact) mass is 212 g/mol. The highest BCUT2D eigenvalue weighted by atomic mass is 32.1. The lowest BCUT2D eigenvalue weighted by molar-refractivity contribution is 0.526. The van der Waals surface area contributed by atoms with E-state index in [1.807, 2.05) is 18.4 Å². The standard InChI is InChI=1S/C11H20N2S/c1-4-10-5-6-11(14-10)8-13-9(2)7-12-3/h5-6,9,12-13H,4,7-8H2,1-3H3. The summed E-state index contributed by atoms with van der Waals surface area (Å²) in [5.74, 6) is 0. The Balaban J connectivity index is 2.30. The van der Waals surface area contributed by atoms with Crippen LogP contribution in [-0.4, -0.2) is 19.6 Å². The summed E-state index contributed by atoms with van der Waals surface area (Å²) in [5.41, 5.74) is 0. The van der Waals surface area contributed by atoms with E-state index in [1.54, 1.807) is 0 Å². The molecule has 0 fully saturated rings. The summed E-state index contributed by atoms with van der Waals surface area (Å²) in [7, 11) is 1.98. The van der Waals surface area contributed by atoms with Crippen molar-refractivity contribution in [2.75, 3.05) is 13.6 Å². The van der Waals surface area contributed by atoms with Crippen LogP contribution in [0, 0.1) is 0 Å². The molecule has 0 aromatic carbocycles. The molecule has 0 saturated carbocycles. The van der Waals surface area contributed by atoms with Crippen LogP contribution in [-0.2, 0) is 13.0 Å². The molecule has 2 nitrogen and oxygen atoms in total. The lowest BCUT2D eigenvalue weighted by Crippen LogP contribution is -2.34. The Hall–Kier alpha value is -0.380. The van der Waals surface area contributed by atoms with E-state index >= 15 is 0 Å². The van der Waals surface area contributed by atoms with Gasteiger partial charge in [-0.1, -0.05) is 6.92 Å². The third-order valence-electron chi connectivity index (χ3n) is 2.20. The van der Waals surface area contributed by atoms with Gasteiger partial charge in [-0.15, -0.1) is 11.3 Å². The molecule has 1 unspecified atom stereocenters. The minimum Gasteiger partial charge on any atom is -0.318 e. The first-order valence-electron chi connectivity index (χ1n) is 5.21. The minimum absolute atomic E-state index is 0.534. The van der Waals surface area contributed by atoms with Gasteiger partial charge in [-0.05, 0) is 32.5 Å². The van der Waals surface area contributed by atoms with Crippen LogP contribution in [0.25, 0.3) is 0 Å². The van der Waals surface area contributed by atoms with E-state index in [0.29, 0.717) is 6.04 Å². The van der Waals surface area contributed by atoms with Crippen molar-refractivity contribution < 1.29 is 0 Å². The molecule has 0 spiro atoms. The fraction of sp³-hybridized carbons (Fsp3) is 0.636. The summed E-state index contributed by atoms with van der Waals surface area (Å²) < 4.78 is 0. The highest BCUT2D eigenvalue weighted by Gasteiger charge is 2.01. The lowest BCUT2D eigenvalue weighted by Gasteiger charge is -2.11. The third-order valence-corrected chi connectivity index (χ3v) is 3.43. The molecule has 3 heteroatoms. The van der Waals surface area contributed by atoms with Crippen molar-refractivity contribution in [1.82, 2.24) is 10.6 Å². The predicted molar refractivity (Wildman–Crippen MR) is 63.9 cm³/mol. The second-order valence-corrected chi connectivity index (χ2v) is 4.81. The summed E-state index contributed by atoms with van der Waals surface area (Å²) in [6.07, 6.45) is 1.15. The van der Waals surface area contributed by atoms with Gasteiger partial charge in [-0.2, -0.15) is 0 Å². The quantitative estimate of drug-likeness (QED) is 0.754. The van der Waals surface area contributed by atoms with Crippen LogP contribution in [0.2, 0.25) is 0 Å². The number of likely N-dealkylation sites (N-methyl/N-ethyl adjacent to an activating group) is 1. The van der Waals surface area contributed by atoms with Crippen LogP contribution in [0.3, 0.4) is 0 Å². The van der Waals surface area contributed by atoms with E-state index in [2.05, 4.69) is 36.6 Å². The van der Waals surface area contributed by atoms with E-state index in [-0.39, 0.29) is 0 Å². The molecule has 0 amide bonds. The van der Waals surface area contributed by atoms with Crippen LogP contribution in [0.5, 0.6) is 0 Å². The van der Waals surface area contributed by atoms with Crippen LogP contribution in [0.4, 0.5) is 0 Å². The number of aryl methyl sites for hydroxylation is 1. The zero-order valence-electron chi connectivity index (χ0n) is 9.26. The maximum Gasteiger partial charge on any atom is 0.0302 e. The lowest BCUT2D eigenvalue weighted by atomic mass is 10.3. The molecule has 80 valence electrons. The van der Waals surface area contributed by atoms with Gasteiger partial charge in [-0.3, -0.25) is 0 Å². The molecule has 0 aliphatic rings. The fourth-order valence-corrected chi connectivity index (χ4v) is 2.27. The average molecular weight is 212 g/mol. The first-order chi connectivity index (χ1) is 6.76. The molecule has 1 atom stereocenters. The molecule has 0 aliphatic carbocycles. The molecule has 0 radical (unpaired) electrons. The third kappa shape index (κ3) is 3.78. The van der Waals surface area contributed by atoms with E-state index < -0.39 is 0 Å². The molecule has 0 saturated heterocycles. The van der Waals surface area contributed by atoms with Crippen molar-refractivity contribution in [3.8, 4) is 0 Å². The van der Waals surface area contributed by atoms with Gasteiger partial charge in [0.2, 0.25) is 0 Å². The molecule has 1 rings (SSSR count). The zero-order chi connectivity index (χ0) is 10.4. The van der Waals surface area contributed by atoms with Gasteiger partial charge in [0.05, 0.1) is 0 Å². The van der Waals surface area contributed by atoms with Gasteiger partial charge >= 0.3 is 0 Å². The van der Waals surface area contributed by atoms with Gasteiger partial charge in [0.15, 0.2) is 0 Å². The Bertz CT molecular complexity index is 258. The largest absolute Gasteiger partial charge is 0.318 e.